The Hall–Kier alpha value is -2.62. The third kappa shape index (κ3) is 3.42. The second kappa shape index (κ2) is 7.09. The van der Waals surface area contributed by atoms with Gasteiger partial charge in [0.1, 0.15) is 6.04 Å². The van der Waals surface area contributed by atoms with Gasteiger partial charge in [-0.2, -0.15) is 0 Å². The van der Waals surface area contributed by atoms with Crippen LogP contribution in [0.2, 0.25) is 0 Å². The van der Waals surface area contributed by atoms with Gasteiger partial charge >= 0.3 is 0 Å². The van der Waals surface area contributed by atoms with Crippen molar-refractivity contribution in [2.75, 3.05) is 0 Å². The summed E-state index contributed by atoms with van der Waals surface area (Å²) in [5.41, 5.74) is 6.19. The molecule has 2 amide bonds. The number of carbonyl (C=O) groups excluding carboxylic acids is 2. The van der Waals surface area contributed by atoms with Gasteiger partial charge in [-0.3, -0.25) is 9.59 Å². The maximum Gasteiger partial charge on any atom is 0.239 e. The third-order valence-corrected chi connectivity index (χ3v) is 4.21. The number of carbonyl (C=O) groups is 2. The Kier molecular flexibility index (Phi) is 5.16. The zero-order valence-corrected chi connectivity index (χ0v) is 13.5. The van der Waals surface area contributed by atoms with Crippen LogP contribution in [0, 0.1) is 0 Å². The van der Waals surface area contributed by atoms with E-state index in [0.29, 0.717) is 6.42 Å². The fourth-order valence-corrected chi connectivity index (χ4v) is 2.65. The van der Waals surface area contributed by atoms with Crippen LogP contribution < -0.4 is 11.1 Å². The van der Waals surface area contributed by atoms with E-state index in [1.165, 1.54) is 0 Å². The largest absolute Gasteiger partial charge is 0.368 e. The molecule has 2 aromatic rings. The zero-order chi connectivity index (χ0) is 16.9. The Morgan fingerprint density at radius 1 is 1.00 bits per heavy atom. The van der Waals surface area contributed by atoms with E-state index in [-0.39, 0.29) is 5.91 Å². The molecule has 0 heterocycles. The van der Waals surface area contributed by atoms with E-state index in [1.54, 1.807) is 0 Å². The predicted molar refractivity (Wildman–Crippen MR) is 90.8 cm³/mol. The summed E-state index contributed by atoms with van der Waals surface area (Å²) in [5, 5.41) is 2.79. The monoisotopic (exact) mass is 310 g/mol. The molecule has 0 fully saturated rings. The SMILES string of the molecule is CC[C@@H](NC(=O)C(C)(c1ccccc1)c1ccccc1)C(N)=O. The first-order valence-electron chi connectivity index (χ1n) is 7.71. The zero-order valence-electron chi connectivity index (χ0n) is 13.5. The second-order valence-corrected chi connectivity index (χ2v) is 5.69. The van der Waals surface area contributed by atoms with Crippen LogP contribution in [-0.2, 0) is 15.0 Å². The summed E-state index contributed by atoms with van der Waals surface area (Å²) in [5.74, 6) is -0.759. The first kappa shape index (κ1) is 16.7. The summed E-state index contributed by atoms with van der Waals surface area (Å²) in [4.78, 5) is 24.5. The Morgan fingerprint density at radius 2 is 1.43 bits per heavy atom. The molecule has 0 spiro atoms. The molecule has 0 aromatic heterocycles. The molecule has 0 bridgehead atoms. The number of hydrogen-bond acceptors (Lipinski definition) is 2. The third-order valence-electron chi connectivity index (χ3n) is 4.21. The quantitative estimate of drug-likeness (QED) is 0.860. The van der Waals surface area contributed by atoms with Crippen LogP contribution >= 0.6 is 0 Å². The molecule has 0 unspecified atom stereocenters. The summed E-state index contributed by atoms with van der Waals surface area (Å²) in [6.45, 7) is 3.68. The molecule has 120 valence electrons. The summed E-state index contributed by atoms with van der Waals surface area (Å²) >= 11 is 0. The Labute approximate surface area is 136 Å². The molecule has 0 aliphatic carbocycles. The molecule has 4 heteroatoms. The Morgan fingerprint density at radius 3 is 1.78 bits per heavy atom. The molecule has 1 atom stereocenters. The maximum absolute atomic E-state index is 13.0. The van der Waals surface area contributed by atoms with E-state index < -0.39 is 17.4 Å². The molecular formula is C19H22N2O2. The molecule has 0 radical (unpaired) electrons. The highest BCUT2D eigenvalue weighted by Crippen LogP contribution is 2.32. The molecule has 0 saturated carbocycles. The molecule has 2 rings (SSSR count). The van der Waals surface area contributed by atoms with Crippen molar-refractivity contribution in [3.63, 3.8) is 0 Å². The highest BCUT2D eigenvalue weighted by molar-refractivity contribution is 5.95. The van der Waals surface area contributed by atoms with E-state index in [9.17, 15) is 9.59 Å². The van der Waals surface area contributed by atoms with Crippen LogP contribution in [0.3, 0.4) is 0 Å². The van der Waals surface area contributed by atoms with Crippen molar-refractivity contribution in [1.82, 2.24) is 5.32 Å². The van der Waals surface area contributed by atoms with E-state index in [2.05, 4.69) is 5.32 Å². The summed E-state index contributed by atoms with van der Waals surface area (Å²) in [6, 6.07) is 18.4. The van der Waals surface area contributed by atoms with Gasteiger partial charge in [0.2, 0.25) is 11.8 Å². The lowest BCUT2D eigenvalue weighted by Crippen LogP contribution is -2.51. The van der Waals surface area contributed by atoms with Gasteiger partial charge in [0.25, 0.3) is 0 Å². The molecule has 3 N–H and O–H groups in total. The average Bonchev–Trinajstić information content (AvgIpc) is 2.59. The number of nitrogens with two attached hydrogens (primary N) is 1. The number of benzene rings is 2. The van der Waals surface area contributed by atoms with Gasteiger partial charge in [-0.1, -0.05) is 67.6 Å². The van der Waals surface area contributed by atoms with Crippen molar-refractivity contribution >= 4 is 11.8 Å². The van der Waals surface area contributed by atoms with Gasteiger partial charge in [0.05, 0.1) is 5.41 Å². The van der Waals surface area contributed by atoms with Crippen molar-refractivity contribution < 1.29 is 9.59 Å². The average molecular weight is 310 g/mol. The number of amides is 2. The van der Waals surface area contributed by atoms with E-state index >= 15 is 0 Å². The molecular weight excluding hydrogens is 288 g/mol. The minimum Gasteiger partial charge on any atom is -0.368 e. The summed E-state index contributed by atoms with van der Waals surface area (Å²) in [7, 11) is 0. The fourth-order valence-electron chi connectivity index (χ4n) is 2.65. The minimum atomic E-state index is -0.897. The first-order valence-corrected chi connectivity index (χ1v) is 7.71. The lowest BCUT2D eigenvalue weighted by molar-refractivity contribution is -0.129. The first-order chi connectivity index (χ1) is 11.0. The highest BCUT2D eigenvalue weighted by Gasteiger charge is 2.38. The molecule has 0 aliphatic rings. The number of rotatable bonds is 6. The number of hydrogen-bond donors (Lipinski definition) is 2. The summed E-state index contributed by atoms with van der Waals surface area (Å²) < 4.78 is 0. The fraction of sp³-hybridized carbons (Fsp3) is 0.263. The summed E-state index contributed by atoms with van der Waals surface area (Å²) in [6.07, 6.45) is 0.459. The van der Waals surface area contributed by atoms with Crippen molar-refractivity contribution in [3.05, 3.63) is 71.8 Å². The van der Waals surface area contributed by atoms with Gasteiger partial charge in [-0.15, -0.1) is 0 Å². The van der Waals surface area contributed by atoms with Crippen LogP contribution in [-0.4, -0.2) is 17.9 Å². The van der Waals surface area contributed by atoms with Crippen LogP contribution in [0.4, 0.5) is 0 Å². The lowest BCUT2D eigenvalue weighted by Gasteiger charge is -2.31. The van der Waals surface area contributed by atoms with Crippen LogP contribution in [0.1, 0.15) is 31.4 Å². The predicted octanol–water partition coefficient (Wildman–Crippen LogP) is 2.37. The van der Waals surface area contributed by atoms with E-state index in [0.717, 1.165) is 11.1 Å². The standard InChI is InChI=1S/C19H22N2O2/c1-3-16(17(20)22)21-18(23)19(2,14-10-6-4-7-11-14)15-12-8-5-9-13-15/h4-13,16H,3H2,1-2H3,(H2,20,22)(H,21,23)/t16-/m1/s1. The van der Waals surface area contributed by atoms with Crippen molar-refractivity contribution in [2.45, 2.75) is 31.7 Å². The maximum atomic E-state index is 13.0. The highest BCUT2D eigenvalue weighted by atomic mass is 16.2. The van der Waals surface area contributed by atoms with Gasteiger partial charge in [0.15, 0.2) is 0 Å². The van der Waals surface area contributed by atoms with Crippen LogP contribution in [0.15, 0.2) is 60.7 Å². The Balaban J connectivity index is 2.46. The second-order valence-electron chi connectivity index (χ2n) is 5.69. The van der Waals surface area contributed by atoms with Gasteiger partial charge in [-0.25, -0.2) is 0 Å². The minimum absolute atomic E-state index is 0.236. The van der Waals surface area contributed by atoms with Crippen molar-refractivity contribution in [1.29, 1.82) is 0 Å². The van der Waals surface area contributed by atoms with Crippen molar-refractivity contribution in [3.8, 4) is 0 Å². The van der Waals surface area contributed by atoms with Crippen molar-refractivity contribution in [2.24, 2.45) is 5.73 Å². The molecule has 0 aliphatic heterocycles. The number of primary amides is 1. The molecule has 23 heavy (non-hydrogen) atoms. The Bertz CT molecular complexity index is 629. The smallest absolute Gasteiger partial charge is 0.239 e. The topological polar surface area (TPSA) is 72.2 Å². The lowest BCUT2D eigenvalue weighted by atomic mass is 9.75. The molecule has 0 saturated heterocycles. The van der Waals surface area contributed by atoms with Gasteiger partial charge < -0.3 is 11.1 Å². The normalized spacial score (nSPS) is 12.4. The number of nitrogens with one attached hydrogen (secondary N) is 1. The van der Waals surface area contributed by atoms with Gasteiger partial charge in [-0.05, 0) is 24.5 Å². The van der Waals surface area contributed by atoms with E-state index in [4.69, 9.17) is 5.73 Å². The molecule has 2 aromatic carbocycles. The molecule has 4 nitrogen and oxygen atoms in total. The van der Waals surface area contributed by atoms with Crippen LogP contribution in [0.5, 0.6) is 0 Å². The van der Waals surface area contributed by atoms with Gasteiger partial charge in [0, 0.05) is 0 Å². The van der Waals surface area contributed by atoms with E-state index in [1.807, 2.05) is 74.5 Å². The van der Waals surface area contributed by atoms with Crippen LogP contribution in [0.25, 0.3) is 0 Å².